The van der Waals surface area contributed by atoms with Crippen LogP contribution in [0.1, 0.15) is 44.9 Å². The maximum atomic E-state index is 13.2. The molecule has 7 nitrogen and oxygen atoms in total. The fraction of sp³-hybridized carbons (Fsp3) is 0.304. The van der Waals surface area contributed by atoms with Crippen LogP contribution in [-0.2, 0) is 20.8 Å². The highest BCUT2D eigenvalue weighted by Crippen LogP contribution is 2.34. The van der Waals surface area contributed by atoms with Gasteiger partial charge in [-0.1, -0.05) is 36.4 Å². The number of nitrogens with zero attached hydrogens (tertiary/aromatic N) is 2. The average Bonchev–Trinajstić information content (AvgIpc) is 2.98. The van der Waals surface area contributed by atoms with Crippen LogP contribution in [0.25, 0.3) is 0 Å². The molecule has 2 unspecified atom stereocenters. The summed E-state index contributed by atoms with van der Waals surface area (Å²) in [7, 11) is 0. The van der Waals surface area contributed by atoms with Crippen molar-refractivity contribution >= 4 is 24.2 Å². The van der Waals surface area contributed by atoms with Gasteiger partial charge >= 0.3 is 11.9 Å². The molecule has 0 aliphatic carbocycles. The zero-order valence-corrected chi connectivity index (χ0v) is 17.4. The molecule has 2 aromatic rings. The zero-order valence-electron chi connectivity index (χ0n) is 17.4. The van der Waals surface area contributed by atoms with Gasteiger partial charge in [0.15, 0.2) is 11.5 Å². The van der Waals surface area contributed by atoms with Gasteiger partial charge in [0.1, 0.15) is 5.54 Å². The minimum absolute atomic E-state index is 0.114. The molecule has 2 aromatic carbocycles. The average molecular weight is 408 g/mol. The lowest BCUT2D eigenvalue weighted by atomic mass is 9.92. The number of benzene rings is 2. The Balaban J connectivity index is 1.81. The first-order valence-electron chi connectivity index (χ1n) is 9.62. The van der Waals surface area contributed by atoms with Gasteiger partial charge in [-0.2, -0.15) is 0 Å². The van der Waals surface area contributed by atoms with Gasteiger partial charge in [-0.3, -0.25) is 24.3 Å². The first-order chi connectivity index (χ1) is 14.2. The summed E-state index contributed by atoms with van der Waals surface area (Å²) in [6.45, 7) is 6.26. The van der Waals surface area contributed by atoms with Crippen molar-refractivity contribution in [2.45, 2.75) is 45.7 Å². The molecule has 0 saturated carbocycles. The Morgan fingerprint density at radius 2 is 1.67 bits per heavy atom. The highest BCUT2D eigenvalue weighted by Gasteiger charge is 2.42. The summed E-state index contributed by atoms with van der Waals surface area (Å²) in [6.07, 6.45) is 1.88. The summed E-state index contributed by atoms with van der Waals surface area (Å²) >= 11 is 0. The lowest BCUT2D eigenvalue weighted by Crippen LogP contribution is -2.41. The maximum absolute atomic E-state index is 13.2. The molecule has 0 saturated heterocycles. The molecule has 0 radical (unpaired) electrons. The number of hydrogen-bond acceptors (Lipinski definition) is 6. The third-order valence-corrected chi connectivity index (χ3v) is 4.93. The highest BCUT2D eigenvalue weighted by atomic mass is 16.6. The van der Waals surface area contributed by atoms with Gasteiger partial charge in [0.05, 0.1) is 12.4 Å². The van der Waals surface area contributed by atoms with Crippen molar-refractivity contribution in [2.75, 3.05) is 0 Å². The quantitative estimate of drug-likeness (QED) is 0.540. The predicted molar refractivity (Wildman–Crippen MR) is 111 cm³/mol. The van der Waals surface area contributed by atoms with Crippen LogP contribution in [0.4, 0.5) is 0 Å². The zero-order chi connectivity index (χ0) is 21.9. The van der Waals surface area contributed by atoms with Gasteiger partial charge in [0, 0.05) is 20.3 Å². The van der Waals surface area contributed by atoms with E-state index in [9.17, 15) is 14.4 Å². The van der Waals surface area contributed by atoms with E-state index in [2.05, 4.69) is 4.99 Å². The molecule has 1 aliphatic heterocycles. The number of ether oxygens (including phenoxy) is 2. The summed E-state index contributed by atoms with van der Waals surface area (Å²) in [5, 5.41) is 0. The number of rotatable bonds is 6. The molecule has 0 spiro atoms. The van der Waals surface area contributed by atoms with Gasteiger partial charge in [-0.15, -0.1) is 0 Å². The molecule has 2 atom stereocenters. The van der Waals surface area contributed by atoms with Crippen molar-refractivity contribution in [2.24, 2.45) is 4.99 Å². The molecule has 156 valence electrons. The summed E-state index contributed by atoms with van der Waals surface area (Å²) in [5.74, 6) is -0.902. The molecule has 30 heavy (non-hydrogen) atoms. The Hall–Kier alpha value is -3.48. The summed E-state index contributed by atoms with van der Waals surface area (Å²) in [4.78, 5) is 42.0. The van der Waals surface area contributed by atoms with Crippen LogP contribution in [0.3, 0.4) is 0 Å². The number of amides is 1. The SMILES string of the molecule is CC(=O)Oc1ccc(CC2(C)N=CN(C(C)c3ccccc3)C2=O)cc1OC(C)=O. The van der Waals surface area contributed by atoms with Crippen molar-refractivity contribution in [1.29, 1.82) is 0 Å². The third kappa shape index (κ3) is 4.56. The van der Waals surface area contributed by atoms with Crippen LogP contribution < -0.4 is 9.47 Å². The van der Waals surface area contributed by atoms with Crippen LogP contribution in [0.2, 0.25) is 0 Å². The van der Waals surface area contributed by atoms with Crippen molar-refractivity contribution in [3.05, 3.63) is 59.7 Å². The van der Waals surface area contributed by atoms with Crippen LogP contribution in [0.15, 0.2) is 53.5 Å². The van der Waals surface area contributed by atoms with Crippen LogP contribution in [0, 0.1) is 0 Å². The number of hydrogen-bond donors (Lipinski definition) is 0. The Morgan fingerprint density at radius 3 is 2.30 bits per heavy atom. The van der Waals surface area contributed by atoms with Crippen LogP contribution in [0.5, 0.6) is 11.5 Å². The molecule has 0 aromatic heterocycles. The van der Waals surface area contributed by atoms with Crippen LogP contribution >= 0.6 is 0 Å². The molecule has 1 heterocycles. The topological polar surface area (TPSA) is 85.3 Å². The molecule has 0 fully saturated rings. The molecular weight excluding hydrogens is 384 g/mol. The largest absolute Gasteiger partial charge is 0.423 e. The van der Waals surface area contributed by atoms with Gasteiger partial charge in [0.2, 0.25) is 0 Å². The molecule has 0 N–H and O–H groups in total. The van der Waals surface area contributed by atoms with Crippen LogP contribution in [-0.4, -0.2) is 34.6 Å². The van der Waals surface area contributed by atoms with Gasteiger partial charge in [-0.25, -0.2) is 0 Å². The monoisotopic (exact) mass is 408 g/mol. The minimum Gasteiger partial charge on any atom is -0.423 e. The first kappa shape index (κ1) is 21.2. The number of carbonyl (C=O) groups excluding carboxylic acids is 3. The van der Waals surface area contributed by atoms with Crippen molar-refractivity contribution in [1.82, 2.24) is 4.90 Å². The Bertz CT molecular complexity index is 1000. The molecule has 1 amide bonds. The number of aliphatic imine (C=N–C) groups is 1. The summed E-state index contributed by atoms with van der Waals surface area (Å²) < 4.78 is 10.3. The maximum Gasteiger partial charge on any atom is 0.308 e. The van der Waals surface area contributed by atoms with E-state index in [1.54, 1.807) is 36.4 Å². The second kappa shape index (κ2) is 8.49. The van der Waals surface area contributed by atoms with E-state index >= 15 is 0 Å². The van der Waals surface area contributed by atoms with Crippen molar-refractivity contribution in [3.63, 3.8) is 0 Å². The lowest BCUT2D eigenvalue weighted by molar-refractivity contribution is -0.134. The fourth-order valence-corrected chi connectivity index (χ4v) is 3.40. The summed E-state index contributed by atoms with van der Waals surface area (Å²) in [5.41, 5.74) is 0.758. The number of esters is 2. The van der Waals surface area contributed by atoms with Crippen molar-refractivity contribution in [3.8, 4) is 11.5 Å². The van der Waals surface area contributed by atoms with E-state index in [1.807, 2.05) is 37.3 Å². The van der Waals surface area contributed by atoms with E-state index in [0.717, 1.165) is 11.1 Å². The molecule has 7 heteroatoms. The van der Waals surface area contributed by atoms with Gasteiger partial charge in [-0.05, 0) is 37.1 Å². The molecule has 0 bridgehead atoms. The Morgan fingerprint density at radius 1 is 1.03 bits per heavy atom. The Labute approximate surface area is 175 Å². The molecular formula is C23H24N2O5. The molecule has 3 rings (SSSR count). The Kier molecular flexibility index (Phi) is 6.01. The van der Waals surface area contributed by atoms with Crippen molar-refractivity contribution < 1.29 is 23.9 Å². The normalized spacial score (nSPS) is 18.9. The fourth-order valence-electron chi connectivity index (χ4n) is 3.40. The summed E-state index contributed by atoms with van der Waals surface area (Å²) in [6, 6.07) is 14.5. The lowest BCUT2D eigenvalue weighted by Gasteiger charge is -2.26. The second-order valence-corrected chi connectivity index (χ2v) is 7.46. The van der Waals surface area contributed by atoms with Gasteiger partial charge < -0.3 is 9.47 Å². The minimum atomic E-state index is -0.987. The smallest absolute Gasteiger partial charge is 0.308 e. The number of carbonyl (C=O) groups is 3. The van der Waals surface area contributed by atoms with E-state index in [1.165, 1.54) is 13.8 Å². The molecule has 1 aliphatic rings. The van der Waals surface area contributed by atoms with E-state index in [0.29, 0.717) is 6.42 Å². The van der Waals surface area contributed by atoms with E-state index in [4.69, 9.17) is 9.47 Å². The van der Waals surface area contributed by atoms with E-state index < -0.39 is 17.5 Å². The second-order valence-electron chi connectivity index (χ2n) is 7.46. The van der Waals surface area contributed by atoms with Gasteiger partial charge in [0.25, 0.3) is 5.91 Å². The predicted octanol–water partition coefficient (Wildman–Crippen LogP) is 3.47. The van der Waals surface area contributed by atoms with E-state index in [-0.39, 0.29) is 23.4 Å². The third-order valence-electron chi connectivity index (χ3n) is 4.93. The standard InChI is InChI=1S/C23H24N2O5/c1-15(19-8-6-5-7-9-19)25-14-24-23(4,22(25)28)13-18-10-11-20(29-16(2)26)21(12-18)30-17(3)27/h5-12,14-15H,13H2,1-4H3. The first-order valence-corrected chi connectivity index (χ1v) is 9.62. The highest BCUT2D eigenvalue weighted by molar-refractivity contribution is 6.00.